The van der Waals surface area contributed by atoms with E-state index in [-0.39, 0.29) is 0 Å². The van der Waals surface area contributed by atoms with Gasteiger partial charge < -0.3 is 5.73 Å². The molecule has 14 heavy (non-hydrogen) atoms. The van der Waals surface area contributed by atoms with Crippen molar-refractivity contribution < 1.29 is 0 Å². The summed E-state index contributed by atoms with van der Waals surface area (Å²) >= 11 is 5.11. The Morgan fingerprint density at radius 2 is 2.29 bits per heavy atom. The predicted octanol–water partition coefficient (Wildman–Crippen LogP) is 2.17. The highest BCUT2D eigenvalue weighted by atomic mass is 32.1. The number of piperidine rings is 1. The Morgan fingerprint density at radius 3 is 2.79 bits per heavy atom. The smallest absolute Gasteiger partial charge is 0.0901 e. The number of nitrogens with two attached hydrogens (primary N) is 1. The molecule has 0 aromatic carbocycles. The Kier molecular flexibility index (Phi) is 4.82. The summed E-state index contributed by atoms with van der Waals surface area (Å²) in [7, 11) is 0. The van der Waals surface area contributed by atoms with E-state index in [1.807, 2.05) is 0 Å². The van der Waals surface area contributed by atoms with Crippen LogP contribution >= 0.6 is 12.2 Å². The number of hydrogen-bond donors (Lipinski definition) is 1. The fourth-order valence-electron chi connectivity index (χ4n) is 2.35. The van der Waals surface area contributed by atoms with E-state index in [1.165, 1.54) is 32.4 Å². The van der Waals surface area contributed by atoms with Crippen LogP contribution in [0.2, 0.25) is 0 Å². The third kappa shape index (κ3) is 2.92. The van der Waals surface area contributed by atoms with Gasteiger partial charge in [0.05, 0.1) is 11.0 Å². The minimum Gasteiger partial charge on any atom is -0.392 e. The molecule has 3 heteroatoms. The van der Waals surface area contributed by atoms with Crippen molar-refractivity contribution >= 4 is 17.2 Å². The van der Waals surface area contributed by atoms with Crippen molar-refractivity contribution in [2.45, 2.75) is 45.6 Å². The van der Waals surface area contributed by atoms with Crippen LogP contribution in [0.5, 0.6) is 0 Å². The lowest BCUT2D eigenvalue weighted by molar-refractivity contribution is 0.149. The van der Waals surface area contributed by atoms with E-state index in [0.29, 0.717) is 11.0 Å². The Bertz CT molecular complexity index is 194. The van der Waals surface area contributed by atoms with Crippen molar-refractivity contribution in [1.82, 2.24) is 4.90 Å². The summed E-state index contributed by atoms with van der Waals surface area (Å²) in [6, 6.07) is 0.333. The largest absolute Gasteiger partial charge is 0.392 e. The first kappa shape index (κ1) is 11.9. The van der Waals surface area contributed by atoms with Crippen LogP contribution in [0.1, 0.15) is 39.5 Å². The predicted molar refractivity (Wildman–Crippen MR) is 65.5 cm³/mol. The maximum absolute atomic E-state index is 5.75. The molecule has 0 spiro atoms. The van der Waals surface area contributed by atoms with Crippen molar-refractivity contribution in [3.63, 3.8) is 0 Å². The quantitative estimate of drug-likeness (QED) is 0.727. The van der Waals surface area contributed by atoms with Crippen molar-refractivity contribution in [3.8, 4) is 0 Å². The van der Waals surface area contributed by atoms with Gasteiger partial charge in [0.2, 0.25) is 0 Å². The second-order valence-electron chi connectivity index (χ2n) is 4.24. The minimum atomic E-state index is 0.333. The van der Waals surface area contributed by atoms with Gasteiger partial charge in [-0.3, -0.25) is 4.90 Å². The van der Waals surface area contributed by atoms with Crippen LogP contribution in [-0.4, -0.2) is 29.0 Å². The summed E-state index contributed by atoms with van der Waals surface area (Å²) in [6.45, 7) is 6.80. The molecule has 0 aliphatic carbocycles. The third-order valence-electron chi connectivity index (χ3n) is 3.28. The molecular formula is C11H22N2S. The fraction of sp³-hybridized carbons (Fsp3) is 0.909. The van der Waals surface area contributed by atoms with Gasteiger partial charge in [-0.1, -0.05) is 32.5 Å². The minimum absolute atomic E-state index is 0.333. The highest BCUT2D eigenvalue weighted by Crippen LogP contribution is 2.21. The van der Waals surface area contributed by atoms with Gasteiger partial charge in [0.15, 0.2) is 0 Å². The second kappa shape index (κ2) is 5.66. The first-order valence-corrected chi connectivity index (χ1v) is 6.13. The van der Waals surface area contributed by atoms with E-state index in [0.717, 1.165) is 12.3 Å². The van der Waals surface area contributed by atoms with Crippen LogP contribution in [0.15, 0.2) is 0 Å². The molecule has 1 heterocycles. The summed E-state index contributed by atoms with van der Waals surface area (Å²) in [4.78, 5) is 3.14. The van der Waals surface area contributed by atoms with Crippen LogP contribution in [-0.2, 0) is 0 Å². The Hall–Kier alpha value is -0.150. The number of nitrogens with zero attached hydrogens (tertiary/aromatic N) is 1. The number of thiocarbonyl (C=S) groups is 1. The number of rotatable bonds is 4. The van der Waals surface area contributed by atoms with Crippen molar-refractivity contribution in [2.75, 3.05) is 13.1 Å². The average Bonchev–Trinajstić information content (AvgIpc) is 2.19. The van der Waals surface area contributed by atoms with Crippen molar-refractivity contribution in [2.24, 2.45) is 11.7 Å². The monoisotopic (exact) mass is 214 g/mol. The van der Waals surface area contributed by atoms with Gasteiger partial charge in [0, 0.05) is 6.54 Å². The molecule has 1 aliphatic heterocycles. The first-order chi connectivity index (χ1) is 6.69. The Labute approximate surface area is 92.8 Å². The van der Waals surface area contributed by atoms with Crippen LogP contribution in [0.4, 0.5) is 0 Å². The lowest BCUT2D eigenvalue weighted by atomic mass is 9.94. The van der Waals surface area contributed by atoms with E-state index in [4.69, 9.17) is 18.0 Å². The lowest BCUT2D eigenvalue weighted by Crippen LogP contribution is -2.48. The van der Waals surface area contributed by atoms with Gasteiger partial charge in [-0.2, -0.15) is 0 Å². The zero-order valence-electron chi connectivity index (χ0n) is 9.33. The molecule has 1 fully saturated rings. The molecule has 1 rings (SSSR count). The topological polar surface area (TPSA) is 29.3 Å². The summed E-state index contributed by atoms with van der Waals surface area (Å²) in [6.07, 6.45) is 5.01. The van der Waals surface area contributed by atoms with E-state index in [2.05, 4.69) is 18.7 Å². The zero-order valence-corrected chi connectivity index (χ0v) is 10.1. The molecule has 2 nitrogen and oxygen atoms in total. The normalized spacial score (nSPS) is 26.0. The highest BCUT2D eigenvalue weighted by Gasteiger charge is 2.25. The summed E-state index contributed by atoms with van der Waals surface area (Å²) < 4.78 is 0. The molecule has 82 valence electrons. The van der Waals surface area contributed by atoms with Crippen LogP contribution in [0.3, 0.4) is 0 Å². The molecule has 0 amide bonds. The van der Waals surface area contributed by atoms with Gasteiger partial charge in [0.1, 0.15) is 0 Å². The third-order valence-corrected chi connectivity index (χ3v) is 3.56. The fourth-order valence-corrected chi connectivity index (χ4v) is 2.67. The van der Waals surface area contributed by atoms with Crippen molar-refractivity contribution in [1.29, 1.82) is 0 Å². The highest BCUT2D eigenvalue weighted by molar-refractivity contribution is 7.80. The van der Waals surface area contributed by atoms with Crippen LogP contribution in [0, 0.1) is 5.92 Å². The molecule has 1 aliphatic rings. The SMILES string of the molecule is CCC1CCCN(C(CC)C(N)=S)C1. The standard InChI is InChI=1S/C11H22N2S/c1-3-9-6-5-7-13(8-9)10(4-2)11(12)14/h9-10H,3-8H2,1-2H3,(H2,12,14). The second-order valence-corrected chi connectivity index (χ2v) is 4.71. The molecule has 0 saturated carbocycles. The molecule has 2 atom stereocenters. The van der Waals surface area contributed by atoms with Gasteiger partial charge >= 0.3 is 0 Å². The maximum atomic E-state index is 5.75. The van der Waals surface area contributed by atoms with Crippen LogP contribution < -0.4 is 5.73 Å². The lowest BCUT2D eigenvalue weighted by Gasteiger charge is -2.37. The van der Waals surface area contributed by atoms with Gasteiger partial charge in [-0.25, -0.2) is 0 Å². The zero-order chi connectivity index (χ0) is 10.6. The van der Waals surface area contributed by atoms with Gasteiger partial charge in [-0.15, -0.1) is 0 Å². The van der Waals surface area contributed by atoms with E-state index in [9.17, 15) is 0 Å². The molecule has 2 N–H and O–H groups in total. The Balaban J connectivity index is 2.53. The summed E-state index contributed by atoms with van der Waals surface area (Å²) in [5, 5.41) is 0. The molecular weight excluding hydrogens is 192 g/mol. The molecule has 1 saturated heterocycles. The van der Waals surface area contributed by atoms with E-state index < -0.39 is 0 Å². The van der Waals surface area contributed by atoms with Crippen LogP contribution in [0.25, 0.3) is 0 Å². The molecule has 0 bridgehead atoms. The van der Waals surface area contributed by atoms with E-state index in [1.54, 1.807) is 0 Å². The summed E-state index contributed by atoms with van der Waals surface area (Å²) in [5.74, 6) is 0.854. The maximum Gasteiger partial charge on any atom is 0.0901 e. The molecule has 0 aromatic heterocycles. The number of hydrogen-bond acceptors (Lipinski definition) is 2. The number of likely N-dealkylation sites (tertiary alicyclic amines) is 1. The summed E-state index contributed by atoms with van der Waals surface area (Å²) in [5.41, 5.74) is 5.75. The molecule has 0 aromatic rings. The van der Waals surface area contributed by atoms with Gasteiger partial charge in [0.25, 0.3) is 0 Å². The average molecular weight is 214 g/mol. The van der Waals surface area contributed by atoms with Crippen molar-refractivity contribution in [3.05, 3.63) is 0 Å². The first-order valence-electron chi connectivity index (χ1n) is 5.72. The van der Waals surface area contributed by atoms with Gasteiger partial charge in [-0.05, 0) is 31.7 Å². The Morgan fingerprint density at radius 1 is 1.57 bits per heavy atom. The molecule has 2 unspecified atom stereocenters. The molecule has 0 radical (unpaired) electrons. The van der Waals surface area contributed by atoms with E-state index >= 15 is 0 Å².